The molecule has 0 atom stereocenters. The van der Waals surface area contributed by atoms with Crippen LogP contribution in [0.4, 0.5) is 11.6 Å². The zero-order chi connectivity index (χ0) is 23.2. The Kier molecular flexibility index (Phi) is 7.04. The molecule has 8 heteroatoms. The summed E-state index contributed by atoms with van der Waals surface area (Å²) in [5, 5.41) is 0. The van der Waals surface area contributed by atoms with Crippen LogP contribution < -0.4 is 20.3 Å². The summed E-state index contributed by atoms with van der Waals surface area (Å²) in [4.78, 5) is 27.2. The predicted octanol–water partition coefficient (Wildman–Crippen LogP) is 2.40. The first kappa shape index (κ1) is 22.5. The lowest BCUT2D eigenvalue weighted by Gasteiger charge is -2.36. The van der Waals surface area contributed by atoms with Crippen molar-refractivity contribution in [1.82, 2.24) is 14.9 Å². The number of aromatic nitrogens is 2. The summed E-state index contributed by atoms with van der Waals surface area (Å²) in [7, 11) is 3.46. The van der Waals surface area contributed by atoms with Crippen molar-refractivity contribution >= 4 is 17.5 Å². The number of rotatable bonds is 7. The molecule has 2 aromatic carbocycles. The maximum absolute atomic E-state index is 11.8. The SMILES string of the molecule is COc1ccccc1N1CCN(c2ncc(-c3cccc(CN(C)C(=O)CN)c3)cn2)CC1. The van der Waals surface area contributed by atoms with E-state index in [2.05, 4.69) is 31.9 Å². The molecule has 2 N–H and O–H groups in total. The van der Waals surface area contributed by atoms with Gasteiger partial charge in [0.15, 0.2) is 0 Å². The summed E-state index contributed by atoms with van der Waals surface area (Å²) in [6.45, 7) is 3.96. The van der Waals surface area contributed by atoms with Crippen molar-refractivity contribution < 1.29 is 9.53 Å². The number of hydrogen-bond donors (Lipinski definition) is 1. The van der Waals surface area contributed by atoms with Gasteiger partial charge in [0.2, 0.25) is 11.9 Å². The van der Waals surface area contributed by atoms with E-state index in [0.717, 1.165) is 60.3 Å². The molecular weight excluding hydrogens is 416 g/mol. The molecule has 1 aliphatic rings. The average molecular weight is 447 g/mol. The zero-order valence-electron chi connectivity index (χ0n) is 19.1. The van der Waals surface area contributed by atoms with Crippen LogP contribution in [0.25, 0.3) is 11.1 Å². The number of hydrogen-bond acceptors (Lipinski definition) is 7. The van der Waals surface area contributed by atoms with Crippen LogP contribution in [0.5, 0.6) is 5.75 Å². The standard InChI is InChI=1S/C25H30N6O2/c1-29(24(32)15-26)18-19-6-5-7-20(14-19)21-16-27-25(28-17-21)31-12-10-30(11-13-31)22-8-3-4-9-23(22)33-2/h3-9,14,16-17H,10-13,15,18,26H2,1-2H3. The molecule has 0 bridgehead atoms. The number of ether oxygens (including phenoxy) is 1. The fourth-order valence-corrected chi connectivity index (χ4v) is 4.04. The molecule has 1 aliphatic heterocycles. The van der Waals surface area contributed by atoms with E-state index in [1.807, 2.05) is 48.8 Å². The molecule has 8 nitrogen and oxygen atoms in total. The first-order valence-electron chi connectivity index (χ1n) is 11.1. The molecule has 2 heterocycles. The minimum absolute atomic E-state index is 0.0125. The number of methoxy groups -OCH3 is 1. The van der Waals surface area contributed by atoms with Crippen LogP contribution in [0.3, 0.4) is 0 Å². The summed E-state index contributed by atoms with van der Waals surface area (Å²) in [6, 6.07) is 16.2. The Morgan fingerprint density at radius 2 is 1.70 bits per heavy atom. The number of likely N-dealkylation sites (N-methyl/N-ethyl adjacent to an activating group) is 1. The van der Waals surface area contributed by atoms with E-state index in [9.17, 15) is 4.79 Å². The van der Waals surface area contributed by atoms with Crippen LogP contribution in [0.2, 0.25) is 0 Å². The summed E-state index contributed by atoms with van der Waals surface area (Å²) in [5.74, 6) is 1.55. The number of carbonyl (C=O) groups excluding carboxylic acids is 1. The number of nitrogens with zero attached hydrogens (tertiary/aromatic N) is 5. The highest BCUT2D eigenvalue weighted by molar-refractivity contribution is 5.77. The lowest BCUT2D eigenvalue weighted by molar-refractivity contribution is -0.128. The molecule has 0 unspecified atom stereocenters. The first-order valence-corrected chi connectivity index (χ1v) is 11.1. The Balaban J connectivity index is 1.40. The van der Waals surface area contributed by atoms with Crippen molar-refractivity contribution in [1.29, 1.82) is 0 Å². The maximum Gasteiger partial charge on any atom is 0.236 e. The van der Waals surface area contributed by atoms with E-state index in [1.165, 1.54) is 0 Å². The smallest absolute Gasteiger partial charge is 0.236 e. The van der Waals surface area contributed by atoms with Gasteiger partial charge >= 0.3 is 0 Å². The van der Waals surface area contributed by atoms with E-state index < -0.39 is 0 Å². The largest absolute Gasteiger partial charge is 0.495 e. The zero-order valence-corrected chi connectivity index (χ0v) is 19.1. The topological polar surface area (TPSA) is 87.8 Å². The highest BCUT2D eigenvalue weighted by Crippen LogP contribution is 2.29. The van der Waals surface area contributed by atoms with Crippen molar-refractivity contribution in [3.63, 3.8) is 0 Å². The van der Waals surface area contributed by atoms with Crippen molar-refractivity contribution in [3.8, 4) is 16.9 Å². The number of piperazine rings is 1. The van der Waals surface area contributed by atoms with Gasteiger partial charge in [-0.05, 0) is 29.3 Å². The lowest BCUT2D eigenvalue weighted by atomic mass is 10.1. The number of nitrogens with two attached hydrogens (primary N) is 1. The van der Waals surface area contributed by atoms with Crippen LogP contribution in [0.1, 0.15) is 5.56 Å². The van der Waals surface area contributed by atoms with Gasteiger partial charge in [-0.3, -0.25) is 4.79 Å². The van der Waals surface area contributed by atoms with E-state index in [4.69, 9.17) is 10.5 Å². The third-order valence-corrected chi connectivity index (χ3v) is 5.91. The second-order valence-electron chi connectivity index (χ2n) is 8.07. The molecule has 1 amide bonds. The van der Waals surface area contributed by atoms with Crippen LogP contribution in [-0.4, -0.2) is 67.7 Å². The normalized spacial score (nSPS) is 13.7. The molecule has 33 heavy (non-hydrogen) atoms. The highest BCUT2D eigenvalue weighted by atomic mass is 16.5. The quantitative estimate of drug-likeness (QED) is 0.596. The maximum atomic E-state index is 11.8. The van der Waals surface area contributed by atoms with Gasteiger partial charge in [-0.15, -0.1) is 0 Å². The van der Waals surface area contributed by atoms with Gasteiger partial charge in [-0.1, -0.05) is 30.3 Å². The fraction of sp³-hybridized carbons (Fsp3) is 0.320. The molecule has 0 radical (unpaired) electrons. The first-order chi connectivity index (χ1) is 16.1. The third-order valence-electron chi connectivity index (χ3n) is 5.91. The molecule has 172 valence electrons. The summed E-state index contributed by atoms with van der Waals surface area (Å²) < 4.78 is 5.51. The number of amides is 1. The minimum atomic E-state index is -0.0844. The summed E-state index contributed by atoms with van der Waals surface area (Å²) in [6.07, 6.45) is 3.73. The molecule has 3 aromatic rings. The van der Waals surface area contributed by atoms with Gasteiger partial charge in [0.1, 0.15) is 5.75 Å². The molecule has 1 saturated heterocycles. The Bertz CT molecular complexity index is 1080. The molecule has 0 spiro atoms. The van der Waals surface area contributed by atoms with Crippen molar-refractivity contribution in [2.24, 2.45) is 5.73 Å². The number of benzene rings is 2. The van der Waals surface area contributed by atoms with Gasteiger partial charge < -0.3 is 25.2 Å². The van der Waals surface area contributed by atoms with E-state index in [-0.39, 0.29) is 12.5 Å². The summed E-state index contributed by atoms with van der Waals surface area (Å²) >= 11 is 0. The molecule has 1 aromatic heterocycles. The third kappa shape index (κ3) is 5.23. The van der Waals surface area contributed by atoms with Crippen molar-refractivity contribution in [2.75, 3.05) is 56.7 Å². The van der Waals surface area contributed by atoms with Gasteiger partial charge in [0.05, 0.1) is 19.3 Å². The van der Waals surface area contributed by atoms with E-state index >= 15 is 0 Å². The Labute approximate surface area is 194 Å². The molecule has 1 fully saturated rings. The van der Waals surface area contributed by atoms with Crippen LogP contribution >= 0.6 is 0 Å². The average Bonchev–Trinajstić information content (AvgIpc) is 2.88. The monoisotopic (exact) mass is 446 g/mol. The Hall–Kier alpha value is -3.65. The molecular formula is C25H30N6O2. The van der Waals surface area contributed by atoms with E-state index in [1.54, 1.807) is 19.1 Å². The van der Waals surface area contributed by atoms with Gasteiger partial charge in [-0.2, -0.15) is 0 Å². The van der Waals surface area contributed by atoms with Crippen LogP contribution in [0.15, 0.2) is 60.9 Å². The number of anilines is 2. The number of para-hydroxylation sites is 2. The minimum Gasteiger partial charge on any atom is -0.495 e. The fourth-order valence-electron chi connectivity index (χ4n) is 4.04. The lowest BCUT2D eigenvalue weighted by Crippen LogP contribution is -2.47. The van der Waals surface area contributed by atoms with Crippen LogP contribution in [0, 0.1) is 0 Å². The Morgan fingerprint density at radius 3 is 2.39 bits per heavy atom. The summed E-state index contributed by atoms with van der Waals surface area (Å²) in [5.41, 5.74) is 9.58. The Morgan fingerprint density at radius 1 is 1.00 bits per heavy atom. The molecule has 0 aliphatic carbocycles. The second kappa shape index (κ2) is 10.3. The van der Waals surface area contributed by atoms with Crippen molar-refractivity contribution in [3.05, 3.63) is 66.5 Å². The molecule has 0 saturated carbocycles. The number of carbonyl (C=O) groups is 1. The molecule has 4 rings (SSSR count). The predicted molar refractivity (Wildman–Crippen MR) is 130 cm³/mol. The highest BCUT2D eigenvalue weighted by Gasteiger charge is 2.21. The van der Waals surface area contributed by atoms with Crippen molar-refractivity contribution in [2.45, 2.75) is 6.54 Å². The van der Waals surface area contributed by atoms with Gasteiger partial charge in [0, 0.05) is 57.7 Å². The second-order valence-corrected chi connectivity index (χ2v) is 8.07. The van der Waals surface area contributed by atoms with E-state index in [0.29, 0.717) is 6.54 Å². The van der Waals surface area contributed by atoms with Gasteiger partial charge in [-0.25, -0.2) is 9.97 Å². The van der Waals surface area contributed by atoms with Gasteiger partial charge in [0.25, 0.3) is 0 Å². The van der Waals surface area contributed by atoms with Crippen LogP contribution in [-0.2, 0) is 11.3 Å².